The number of esters is 1. The third-order valence-corrected chi connectivity index (χ3v) is 1.87. The summed E-state index contributed by atoms with van der Waals surface area (Å²) in [5.41, 5.74) is 0. The van der Waals surface area contributed by atoms with Crippen molar-refractivity contribution in [3.63, 3.8) is 0 Å². The molecule has 0 aliphatic carbocycles. The summed E-state index contributed by atoms with van der Waals surface area (Å²) < 4.78 is 10.2. The van der Waals surface area contributed by atoms with Gasteiger partial charge in [-0.05, 0) is 28.1 Å². The topological polar surface area (TPSA) is 39.4 Å². The molecule has 0 aliphatic heterocycles. The van der Waals surface area contributed by atoms with Crippen LogP contribution in [-0.4, -0.2) is 13.1 Å². The molecule has 4 heteroatoms. The minimum atomic E-state index is -0.404. The molecular weight excluding hydrogens is 224 g/mol. The highest BCUT2D eigenvalue weighted by molar-refractivity contribution is 9.10. The summed E-state index contributed by atoms with van der Waals surface area (Å²) in [6.45, 7) is 0. The fourth-order valence-corrected chi connectivity index (χ4v) is 0.970. The lowest BCUT2D eigenvalue weighted by Crippen LogP contribution is -1.92. The van der Waals surface area contributed by atoms with Crippen molar-refractivity contribution in [2.45, 2.75) is 0 Å². The first kappa shape index (κ1) is 9.06. The van der Waals surface area contributed by atoms with Crippen molar-refractivity contribution >= 4 is 28.0 Å². The van der Waals surface area contributed by atoms with Gasteiger partial charge in [-0.3, -0.25) is 0 Å². The summed E-state index contributed by atoms with van der Waals surface area (Å²) in [6, 6.07) is 1.75. The quantitative estimate of drug-likeness (QED) is 0.578. The number of furan rings is 1. The van der Waals surface area contributed by atoms with Crippen LogP contribution in [-0.2, 0) is 9.53 Å². The lowest BCUT2D eigenvalue weighted by molar-refractivity contribution is -0.134. The van der Waals surface area contributed by atoms with Gasteiger partial charge in [0.15, 0.2) is 0 Å². The van der Waals surface area contributed by atoms with Gasteiger partial charge in [0, 0.05) is 6.08 Å². The van der Waals surface area contributed by atoms with Crippen LogP contribution in [0.25, 0.3) is 6.08 Å². The van der Waals surface area contributed by atoms with E-state index in [-0.39, 0.29) is 0 Å². The van der Waals surface area contributed by atoms with E-state index in [1.807, 2.05) is 0 Å². The second kappa shape index (κ2) is 4.11. The van der Waals surface area contributed by atoms with Gasteiger partial charge >= 0.3 is 5.97 Å². The first-order valence-electron chi connectivity index (χ1n) is 3.23. The number of carbonyl (C=O) groups excluding carboxylic acids is 1. The Labute approximate surface area is 78.1 Å². The average Bonchev–Trinajstić information content (AvgIpc) is 2.47. The zero-order chi connectivity index (χ0) is 8.97. The summed E-state index contributed by atoms with van der Waals surface area (Å²) in [4.78, 5) is 10.7. The Morgan fingerprint density at radius 2 is 2.50 bits per heavy atom. The van der Waals surface area contributed by atoms with Crippen LogP contribution in [0.1, 0.15) is 5.76 Å². The van der Waals surface area contributed by atoms with E-state index in [4.69, 9.17) is 4.42 Å². The highest BCUT2D eigenvalue weighted by atomic mass is 79.9. The lowest BCUT2D eigenvalue weighted by atomic mass is 10.4. The number of carbonyl (C=O) groups is 1. The Morgan fingerprint density at radius 1 is 1.75 bits per heavy atom. The summed E-state index contributed by atoms with van der Waals surface area (Å²) >= 11 is 3.24. The number of halogens is 1. The minimum Gasteiger partial charge on any atom is -0.466 e. The average molecular weight is 231 g/mol. The second-order valence-corrected chi connectivity index (χ2v) is 2.84. The molecule has 64 valence electrons. The molecule has 0 unspecified atom stereocenters. The van der Waals surface area contributed by atoms with Crippen molar-refractivity contribution < 1.29 is 13.9 Å². The molecule has 0 spiro atoms. The van der Waals surface area contributed by atoms with Gasteiger partial charge in [0.1, 0.15) is 5.76 Å². The molecule has 0 aliphatic rings. The first-order valence-corrected chi connectivity index (χ1v) is 4.02. The van der Waals surface area contributed by atoms with E-state index in [1.54, 1.807) is 6.07 Å². The van der Waals surface area contributed by atoms with Crippen LogP contribution >= 0.6 is 15.9 Å². The molecule has 0 amide bonds. The molecular formula is C8H7BrO3. The Bertz CT molecular complexity index is 301. The fourth-order valence-electron chi connectivity index (χ4n) is 0.636. The molecule has 1 rings (SSSR count). The maximum absolute atomic E-state index is 10.7. The number of hydrogen-bond donors (Lipinski definition) is 0. The van der Waals surface area contributed by atoms with Crippen LogP contribution in [0.4, 0.5) is 0 Å². The summed E-state index contributed by atoms with van der Waals surface area (Å²) in [6.07, 6.45) is 4.36. The number of ether oxygens (including phenoxy) is 1. The molecule has 3 nitrogen and oxygen atoms in total. The maximum Gasteiger partial charge on any atom is 0.330 e. The van der Waals surface area contributed by atoms with Crippen molar-refractivity contribution in [1.82, 2.24) is 0 Å². The zero-order valence-corrected chi connectivity index (χ0v) is 8.00. The van der Waals surface area contributed by atoms with Crippen molar-refractivity contribution in [3.05, 3.63) is 28.6 Å². The van der Waals surface area contributed by atoms with E-state index < -0.39 is 5.97 Å². The Kier molecular flexibility index (Phi) is 3.10. The predicted octanol–water partition coefficient (Wildman–Crippen LogP) is 2.23. The molecule has 1 aromatic rings. The summed E-state index contributed by atoms with van der Waals surface area (Å²) in [5.74, 6) is 0.193. The lowest BCUT2D eigenvalue weighted by Gasteiger charge is -1.88. The number of methoxy groups -OCH3 is 1. The Morgan fingerprint density at radius 3 is 3.00 bits per heavy atom. The molecule has 0 atom stereocenters. The van der Waals surface area contributed by atoms with E-state index in [1.165, 1.54) is 25.5 Å². The molecule has 1 heterocycles. The van der Waals surface area contributed by atoms with Crippen LogP contribution in [0.15, 0.2) is 27.3 Å². The van der Waals surface area contributed by atoms with Crippen LogP contribution in [0.5, 0.6) is 0 Å². The fraction of sp³-hybridized carbons (Fsp3) is 0.125. The third kappa shape index (κ3) is 2.23. The predicted molar refractivity (Wildman–Crippen MR) is 47.5 cm³/mol. The maximum atomic E-state index is 10.7. The molecule has 0 fully saturated rings. The smallest absolute Gasteiger partial charge is 0.330 e. The van der Waals surface area contributed by atoms with Crippen molar-refractivity contribution in [2.75, 3.05) is 7.11 Å². The molecule has 0 bridgehead atoms. The van der Waals surface area contributed by atoms with Gasteiger partial charge in [-0.25, -0.2) is 4.79 Å². The van der Waals surface area contributed by atoms with Crippen molar-refractivity contribution in [2.24, 2.45) is 0 Å². The molecule has 1 aromatic heterocycles. The molecule has 0 saturated carbocycles. The van der Waals surface area contributed by atoms with Crippen LogP contribution in [0.3, 0.4) is 0 Å². The second-order valence-electron chi connectivity index (χ2n) is 1.99. The largest absolute Gasteiger partial charge is 0.466 e. The first-order chi connectivity index (χ1) is 5.74. The van der Waals surface area contributed by atoms with Gasteiger partial charge in [-0.1, -0.05) is 0 Å². The normalized spacial score (nSPS) is 10.5. The van der Waals surface area contributed by atoms with Gasteiger partial charge in [0.25, 0.3) is 0 Å². The molecule has 0 aromatic carbocycles. The standard InChI is InChI=1S/C8H7BrO3/c1-11-8(10)3-2-7-6(9)4-5-12-7/h2-5H,1H3. The monoisotopic (exact) mass is 230 g/mol. The van der Waals surface area contributed by atoms with Crippen LogP contribution in [0, 0.1) is 0 Å². The van der Waals surface area contributed by atoms with E-state index in [2.05, 4.69) is 20.7 Å². The minimum absolute atomic E-state index is 0.404. The van der Waals surface area contributed by atoms with Crippen LogP contribution < -0.4 is 0 Å². The van der Waals surface area contributed by atoms with E-state index in [9.17, 15) is 4.79 Å². The highest BCUT2D eigenvalue weighted by Crippen LogP contribution is 2.18. The van der Waals surface area contributed by atoms with E-state index in [0.717, 1.165) is 4.47 Å². The van der Waals surface area contributed by atoms with Gasteiger partial charge in [-0.15, -0.1) is 0 Å². The van der Waals surface area contributed by atoms with E-state index in [0.29, 0.717) is 5.76 Å². The van der Waals surface area contributed by atoms with Crippen molar-refractivity contribution in [1.29, 1.82) is 0 Å². The van der Waals surface area contributed by atoms with Crippen molar-refractivity contribution in [3.8, 4) is 0 Å². The molecule has 12 heavy (non-hydrogen) atoms. The van der Waals surface area contributed by atoms with Gasteiger partial charge < -0.3 is 9.15 Å². The summed E-state index contributed by atoms with van der Waals surface area (Å²) in [7, 11) is 1.32. The summed E-state index contributed by atoms with van der Waals surface area (Å²) in [5, 5.41) is 0. The van der Waals surface area contributed by atoms with Crippen LogP contribution in [0.2, 0.25) is 0 Å². The van der Waals surface area contributed by atoms with Gasteiger partial charge in [-0.2, -0.15) is 0 Å². The number of hydrogen-bond acceptors (Lipinski definition) is 3. The molecule has 0 N–H and O–H groups in total. The Balaban J connectivity index is 2.69. The Hall–Kier alpha value is -1.03. The van der Waals surface area contributed by atoms with Gasteiger partial charge in [0.2, 0.25) is 0 Å². The molecule has 0 saturated heterocycles. The third-order valence-electron chi connectivity index (χ3n) is 1.22. The number of rotatable bonds is 2. The molecule has 0 radical (unpaired) electrons. The zero-order valence-electron chi connectivity index (χ0n) is 6.41. The van der Waals surface area contributed by atoms with Gasteiger partial charge in [0.05, 0.1) is 17.8 Å². The highest BCUT2D eigenvalue weighted by Gasteiger charge is 1.99. The SMILES string of the molecule is COC(=O)C=Cc1occc1Br. The van der Waals surface area contributed by atoms with E-state index >= 15 is 0 Å².